The SMILES string of the molecule is CCCNC(c1sccc1C)C1Cc2ccccc2S1. The molecule has 0 aliphatic carbocycles. The number of thioether (sulfide) groups is 1. The van der Waals surface area contributed by atoms with Crippen molar-refractivity contribution in [3.63, 3.8) is 0 Å². The molecular weight excluding hydrogens is 282 g/mol. The second kappa shape index (κ2) is 6.33. The van der Waals surface area contributed by atoms with E-state index in [1.807, 2.05) is 23.1 Å². The van der Waals surface area contributed by atoms with Gasteiger partial charge in [-0.05, 0) is 54.9 Å². The molecule has 1 nitrogen and oxygen atoms in total. The summed E-state index contributed by atoms with van der Waals surface area (Å²) in [4.78, 5) is 2.98. The van der Waals surface area contributed by atoms with Crippen LogP contribution in [-0.4, -0.2) is 11.8 Å². The van der Waals surface area contributed by atoms with Gasteiger partial charge in [0.2, 0.25) is 0 Å². The van der Waals surface area contributed by atoms with Gasteiger partial charge in [-0.3, -0.25) is 0 Å². The van der Waals surface area contributed by atoms with Crippen molar-refractivity contribution in [2.24, 2.45) is 0 Å². The summed E-state index contributed by atoms with van der Waals surface area (Å²) >= 11 is 3.94. The Hall–Kier alpha value is -0.770. The molecule has 1 N–H and O–H groups in total. The number of nitrogens with one attached hydrogen (secondary N) is 1. The predicted octanol–water partition coefficient (Wildman–Crippen LogP) is 4.81. The Morgan fingerprint density at radius 3 is 2.85 bits per heavy atom. The van der Waals surface area contributed by atoms with Gasteiger partial charge in [0.15, 0.2) is 0 Å². The van der Waals surface area contributed by atoms with Gasteiger partial charge >= 0.3 is 0 Å². The number of hydrogen-bond acceptors (Lipinski definition) is 3. The summed E-state index contributed by atoms with van der Waals surface area (Å²) in [5, 5.41) is 6.62. The monoisotopic (exact) mass is 303 g/mol. The molecule has 2 aromatic rings. The van der Waals surface area contributed by atoms with Crippen LogP contribution in [0, 0.1) is 6.92 Å². The molecular formula is C17H21NS2. The Bertz CT molecular complexity index is 551. The summed E-state index contributed by atoms with van der Waals surface area (Å²) < 4.78 is 0. The minimum absolute atomic E-state index is 0.479. The van der Waals surface area contributed by atoms with Crippen LogP contribution < -0.4 is 5.32 Å². The van der Waals surface area contributed by atoms with E-state index in [0.717, 1.165) is 6.54 Å². The standard InChI is InChI=1S/C17H21NS2/c1-3-9-18-16(17-12(2)8-10-19-17)15-11-13-6-4-5-7-14(13)20-15/h4-8,10,15-16,18H,3,9,11H2,1-2H3. The molecule has 106 valence electrons. The van der Waals surface area contributed by atoms with Crippen molar-refractivity contribution < 1.29 is 0 Å². The van der Waals surface area contributed by atoms with Crippen molar-refractivity contribution in [1.82, 2.24) is 5.32 Å². The van der Waals surface area contributed by atoms with Crippen LogP contribution in [0.5, 0.6) is 0 Å². The molecule has 3 rings (SSSR count). The maximum atomic E-state index is 3.78. The number of fused-ring (bicyclic) bond motifs is 1. The van der Waals surface area contributed by atoms with Crippen LogP contribution in [0.3, 0.4) is 0 Å². The third-order valence-corrected chi connectivity index (χ3v) is 6.34. The van der Waals surface area contributed by atoms with Crippen molar-refractivity contribution >= 4 is 23.1 Å². The van der Waals surface area contributed by atoms with E-state index in [1.165, 1.54) is 33.7 Å². The minimum atomic E-state index is 0.479. The third kappa shape index (κ3) is 2.80. The van der Waals surface area contributed by atoms with Gasteiger partial charge in [0.25, 0.3) is 0 Å². The van der Waals surface area contributed by atoms with Crippen molar-refractivity contribution in [3.8, 4) is 0 Å². The van der Waals surface area contributed by atoms with Crippen molar-refractivity contribution in [2.75, 3.05) is 6.54 Å². The molecule has 0 saturated carbocycles. The fourth-order valence-corrected chi connectivity index (χ4v) is 5.36. The van der Waals surface area contributed by atoms with Crippen molar-refractivity contribution in [2.45, 2.75) is 42.9 Å². The highest BCUT2D eigenvalue weighted by Gasteiger charge is 2.31. The maximum Gasteiger partial charge on any atom is 0.0544 e. The molecule has 0 saturated heterocycles. The zero-order valence-electron chi connectivity index (χ0n) is 12.1. The molecule has 1 aliphatic heterocycles. The van der Waals surface area contributed by atoms with E-state index >= 15 is 0 Å². The molecule has 0 bridgehead atoms. The van der Waals surface area contributed by atoms with E-state index in [0.29, 0.717) is 11.3 Å². The summed E-state index contributed by atoms with van der Waals surface area (Å²) in [5.41, 5.74) is 2.94. The van der Waals surface area contributed by atoms with Gasteiger partial charge < -0.3 is 5.32 Å². The van der Waals surface area contributed by atoms with E-state index in [4.69, 9.17) is 0 Å². The highest BCUT2D eigenvalue weighted by Crippen LogP contribution is 2.44. The zero-order chi connectivity index (χ0) is 13.9. The van der Waals surface area contributed by atoms with Crippen LogP contribution in [0.25, 0.3) is 0 Å². The van der Waals surface area contributed by atoms with E-state index in [9.17, 15) is 0 Å². The van der Waals surface area contributed by atoms with E-state index in [-0.39, 0.29) is 0 Å². The second-order valence-corrected chi connectivity index (χ2v) is 7.60. The normalized spacial score (nSPS) is 19.0. The van der Waals surface area contributed by atoms with E-state index in [2.05, 4.69) is 54.9 Å². The first-order valence-electron chi connectivity index (χ1n) is 7.31. The molecule has 3 heteroatoms. The summed E-state index contributed by atoms with van der Waals surface area (Å²) in [6, 6.07) is 11.6. The minimum Gasteiger partial charge on any atom is -0.308 e. The Kier molecular flexibility index (Phi) is 4.49. The predicted molar refractivity (Wildman–Crippen MR) is 89.9 cm³/mol. The van der Waals surface area contributed by atoms with Crippen LogP contribution >= 0.6 is 23.1 Å². The molecule has 1 aromatic heterocycles. The molecule has 2 heterocycles. The number of hydrogen-bond donors (Lipinski definition) is 1. The Balaban J connectivity index is 1.83. The molecule has 2 atom stereocenters. The lowest BCUT2D eigenvalue weighted by atomic mass is 10.0. The summed E-state index contributed by atoms with van der Waals surface area (Å²) in [6.07, 6.45) is 2.37. The molecule has 2 unspecified atom stereocenters. The first-order valence-corrected chi connectivity index (χ1v) is 9.07. The largest absolute Gasteiger partial charge is 0.308 e. The average Bonchev–Trinajstić information content (AvgIpc) is 3.06. The highest BCUT2D eigenvalue weighted by molar-refractivity contribution is 8.00. The van der Waals surface area contributed by atoms with E-state index in [1.54, 1.807) is 0 Å². The molecule has 1 aromatic carbocycles. The summed E-state index contributed by atoms with van der Waals surface area (Å²) in [5.74, 6) is 0. The van der Waals surface area contributed by atoms with E-state index < -0.39 is 0 Å². The molecule has 20 heavy (non-hydrogen) atoms. The Labute approximate surface area is 129 Å². The smallest absolute Gasteiger partial charge is 0.0544 e. The van der Waals surface area contributed by atoms with Crippen molar-refractivity contribution in [1.29, 1.82) is 0 Å². The van der Waals surface area contributed by atoms with Gasteiger partial charge in [-0.1, -0.05) is 25.1 Å². The number of rotatable bonds is 5. The van der Waals surface area contributed by atoms with Crippen LogP contribution in [0.15, 0.2) is 40.6 Å². The quantitative estimate of drug-likeness (QED) is 0.850. The van der Waals surface area contributed by atoms with Gasteiger partial charge in [-0.15, -0.1) is 23.1 Å². The first kappa shape index (κ1) is 14.2. The van der Waals surface area contributed by atoms with Gasteiger partial charge in [-0.25, -0.2) is 0 Å². The van der Waals surface area contributed by atoms with Crippen LogP contribution in [-0.2, 0) is 6.42 Å². The number of thiophene rings is 1. The fourth-order valence-electron chi connectivity index (χ4n) is 2.79. The summed E-state index contributed by atoms with van der Waals surface area (Å²) in [7, 11) is 0. The van der Waals surface area contributed by atoms with Gasteiger partial charge in [0.05, 0.1) is 6.04 Å². The maximum absolute atomic E-state index is 3.78. The fraction of sp³-hybridized carbons (Fsp3) is 0.412. The molecule has 1 aliphatic rings. The lowest BCUT2D eigenvalue weighted by Crippen LogP contribution is -2.30. The molecule has 0 fully saturated rings. The zero-order valence-corrected chi connectivity index (χ0v) is 13.7. The van der Waals surface area contributed by atoms with Gasteiger partial charge in [-0.2, -0.15) is 0 Å². The third-order valence-electron chi connectivity index (χ3n) is 3.84. The number of benzene rings is 1. The van der Waals surface area contributed by atoms with Crippen LogP contribution in [0.2, 0.25) is 0 Å². The highest BCUT2D eigenvalue weighted by atomic mass is 32.2. The topological polar surface area (TPSA) is 12.0 Å². The molecule has 0 radical (unpaired) electrons. The average molecular weight is 303 g/mol. The lowest BCUT2D eigenvalue weighted by Gasteiger charge is -2.24. The Morgan fingerprint density at radius 2 is 2.15 bits per heavy atom. The second-order valence-electron chi connectivity index (χ2n) is 5.37. The van der Waals surface area contributed by atoms with Crippen LogP contribution in [0.4, 0.5) is 0 Å². The molecule has 0 amide bonds. The number of aryl methyl sites for hydroxylation is 1. The summed E-state index contributed by atoms with van der Waals surface area (Å²) in [6.45, 7) is 5.57. The first-order chi connectivity index (χ1) is 9.79. The molecule has 0 spiro atoms. The Morgan fingerprint density at radius 1 is 1.30 bits per heavy atom. The van der Waals surface area contributed by atoms with Gasteiger partial charge in [0, 0.05) is 15.0 Å². The van der Waals surface area contributed by atoms with Crippen LogP contribution in [0.1, 0.15) is 35.4 Å². The van der Waals surface area contributed by atoms with Crippen molar-refractivity contribution in [3.05, 3.63) is 51.7 Å². The van der Waals surface area contributed by atoms with Gasteiger partial charge in [0.1, 0.15) is 0 Å². The lowest BCUT2D eigenvalue weighted by molar-refractivity contribution is 0.519.